The van der Waals surface area contributed by atoms with Crippen molar-refractivity contribution >= 4 is 18.9 Å². The number of nitrogens with zero attached hydrogens (tertiary/aromatic N) is 1. The number of unbranched alkanes of at least 4 members (excludes halogenated alkanes) is 1. The number of allylic oxidation sites excluding steroid dienone is 1. The normalized spacial score (nSPS) is 13.6. The Morgan fingerprint density at radius 2 is 1.83 bits per heavy atom. The average molecular weight is 496 g/mol. The summed E-state index contributed by atoms with van der Waals surface area (Å²) in [5.74, 6) is -1.22. The van der Waals surface area contributed by atoms with Gasteiger partial charge in [0.2, 0.25) is 5.91 Å². The van der Waals surface area contributed by atoms with Gasteiger partial charge >= 0.3 is 13.3 Å². The van der Waals surface area contributed by atoms with Crippen molar-refractivity contribution in [1.82, 2.24) is 16.0 Å². The maximum atomic E-state index is 12.8. The summed E-state index contributed by atoms with van der Waals surface area (Å²) < 4.78 is 38.3. The fraction of sp³-hybridized carbons (Fsp3) is 0.522. The number of carbonyl (C=O) groups excluding carboxylic acids is 2. The molecule has 8 nitrogen and oxygen atoms in total. The monoisotopic (exact) mass is 496 g/mol. The van der Waals surface area contributed by atoms with Gasteiger partial charge in [-0.1, -0.05) is 50.3 Å². The fourth-order valence-electron chi connectivity index (χ4n) is 3.28. The van der Waals surface area contributed by atoms with Crippen LogP contribution in [0.15, 0.2) is 42.0 Å². The quantitative estimate of drug-likeness (QED) is 0.116. The third-order valence-electron chi connectivity index (χ3n) is 4.90. The highest BCUT2D eigenvalue weighted by Crippen LogP contribution is 2.19. The molecule has 0 heterocycles. The molecule has 192 valence electrons. The van der Waals surface area contributed by atoms with Gasteiger partial charge in [0.15, 0.2) is 0 Å². The summed E-state index contributed by atoms with van der Waals surface area (Å²) in [6.07, 6.45) is -2.49. The summed E-state index contributed by atoms with van der Waals surface area (Å²) in [7, 11) is -1.73. The molecule has 5 N–H and O–H groups in total. The summed E-state index contributed by atoms with van der Waals surface area (Å²) in [6.45, 7) is 2.47. The van der Waals surface area contributed by atoms with Gasteiger partial charge in [-0.15, -0.1) is 0 Å². The molecule has 1 rings (SSSR count). The lowest BCUT2D eigenvalue weighted by Gasteiger charge is -2.24. The van der Waals surface area contributed by atoms with E-state index in [9.17, 15) is 32.8 Å². The third-order valence-corrected chi connectivity index (χ3v) is 4.90. The van der Waals surface area contributed by atoms with Crippen LogP contribution in [-0.4, -0.2) is 54.3 Å². The highest BCUT2D eigenvalue weighted by atomic mass is 19.4. The number of halogens is 3. The predicted molar refractivity (Wildman–Crippen MR) is 126 cm³/mol. The molecule has 0 fully saturated rings. The number of hydrogen-bond acceptors (Lipinski definition) is 6. The molecule has 0 saturated carbocycles. The lowest BCUT2D eigenvalue weighted by atomic mass is 9.79. The Morgan fingerprint density at radius 3 is 2.37 bits per heavy atom. The molecular weight excluding hydrogens is 464 g/mol. The van der Waals surface area contributed by atoms with Crippen LogP contribution in [0.4, 0.5) is 13.2 Å². The Kier molecular flexibility index (Phi) is 13.1. The van der Waals surface area contributed by atoms with Gasteiger partial charge in [-0.25, -0.2) is 0 Å². The first-order valence-corrected chi connectivity index (χ1v) is 11.3. The van der Waals surface area contributed by atoms with Gasteiger partial charge in [-0.3, -0.25) is 14.9 Å². The lowest BCUT2D eigenvalue weighted by Crippen LogP contribution is -2.48. The lowest BCUT2D eigenvalue weighted by molar-refractivity contribution is -0.132. The van der Waals surface area contributed by atoms with Crippen LogP contribution in [0.5, 0.6) is 0 Å². The Balaban J connectivity index is 2.74. The Morgan fingerprint density at radius 1 is 1.17 bits per heavy atom. The van der Waals surface area contributed by atoms with Crippen molar-refractivity contribution in [1.29, 1.82) is 5.26 Å². The Bertz CT molecular complexity index is 874. The molecule has 1 aromatic carbocycles. The van der Waals surface area contributed by atoms with Crippen LogP contribution < -0.4 is 16.0 Å². The first kappa shape index (κ1) is 30.2. The molecule has 0 bridgehead atoms. The number of carbonyl (C=O) groups is 2. The molecule has 0 aliphatic heterocycles. The summed E-state index contributed by atoms with van der Waals surface area (Å²) in [4.78, 5) is 24.8. The van der Waals surface area contributed by atoms with E-state index in [1.54, 1.807) is 30.3 Å². The zero-order chi connectivity index (χ0) is 26.4. The number of hydrogen-bond donors (Lipinski definition) is 5. The zero-order valence-corrected chi connectivity index (χ0v) is 19.8. The molecule has 1 aromatic rings. The second-order valence-electron chi connectivity index (χ2n) is 8.42. The van der Waals surface area contributed by atoms with Gasteiger partial charge < -0.3 is 20.7 Å². The molecule has 0 aromatic heterocycles. The van der Waals surface area contributed by atoms with E-state index in [0.717, 1.165) is 0 Å². The van der Waals surface area contributed by atoms with E-state index in [2.05, 4.69) is 16.0 Å². The minimum Gasteiger partial charge on any atom is -0.427 e. The van der Waals surface area contributed by atoms with Crippen molar-refractivity contribution in [2.75, 3.05) is 13.1 Å². The van der Waals surface area contributed by atoms with Crippen molar-refractivity contribution in [3.8, 4) is 6.07 Å². The predicted octanol–water partition coefficient (Wildman–Crippen LogP) is 2.23. The van der Waals surface area contributed by atoms with Crippen LogP contribution in [0.2, 0.25) is 6.32 Å². The highest BCUT2D eigenvalue weighted by molar-refractivity contribution is 6.41. The first-order chi connectivity index (χ1) is 16.4. The van der Waals surface area contributed by atoms with Crippen LogP contribution in [0.3, 0.4) is 0 Å². The van der Waals surface area contributed by atoms with Crippen LogP contribution >= 0.6 is 0 Å². The first-order valence-electron chi connectivity index (χ1n) is 11.3. The molecule has 0 aliphatic rings. The minimum absolute atomic E-state index is 0.0119. The van der Waals surface area contributed by atoms with Gasteiger partial charge in [0, 0.05) is 12.9 Å². The van der Waals surface area contributed by atoms with Gasteiger partial charge in [0.1, 0.15) is 11.6 Å². The molecule has 0 unspecified atom stereocenters. The molecule has 2 amide bonds. The van der Waals surface area contributed by atoms with E-state index in [4.69, 9.17) is 5.26 Å². The summed E-state index contributed by atoms with van der Waals surface area (Å²) in [5, 5.41) is 35.2. The van der Waals surface area contributed by atoms with Crippen LogP contribution in [0, 0.1) is 17.2 Å². The number of amides is 2. The number of benzene rings is 1. The van der Waals surface area contributed by atoms with Gasteiger partial charge in [-0.05, 0) is 30.7 Å². The van der Waals surface area contributed by atoms with Crippen molar-refractivity contribution in [3.63, 3.8) is 0 Å². The van der Waals surface area contributed by atoms with Crippen molar-refractivity contribution in [3.05, 3.63) is 47.5 Å². The molecule has 0 saturated heterocycles. The topological polar surface area (TPSA) is 134 Å². The van der Waals surface area contributed by atoms with E-state index in [0.29, 0.717) is 18.4 Å². The van der Waals surface area contributed by atoms with E-state index in [1.165, 1.54) is 6.08 Å². The maximum absolute atomic E-state index is 12.8. The average Bonchev–Trinajstić information content (AvgIpc) is 2.77. The maximum Gasteiger partial charge on any atom is 0.453 e. The van der Waals surface area contributed by atoms with Crippen LogP contribution in [0.25, 0.3) is 0 Å². The van der Waals surface area contributed by atoms with Gasteiger partial charge in [0.25, 0.3) is 5.91 Å². The number of nitriles is 1. The minimum atomic E-state index is -4.52. The van der Waals surface area contributed by atoms with Crippen LogP contribution in [-0.2, 0) is 9.59 Å². The molecule has 35 heavy (non-hydrogen) atoms. The van der Waals surface area contributed by atoms with Gasteiger partial charge in [-0.2, -0.15) is 18.4 Å². The van der Waals surface area contributed by atoms with Crippen molar-refractivity contribution in [2.24, 2.45) is 5.92 Å². The fourth-order valence-corrected chi connectivity index (χ4v) is 3.28. The Hall–Kier alpha value is -2.88. The van der Waals surface area contributed by atoms with Crippen molar-refractivity contribution in [2.45, 2.75) is 57.7 Å². The molecule has 12 heteroatoms. The van der Waals surface area contributed by atoms with E-state index in [1.807, 2.05) is 19.9 Å². The summed E-state index contributed by atoms with van der Waals surface area (Å²) in [6, 6.07) is 8.28. The summed E-state index contributed by atoms with van der Waals surface area (Å²) in [5.41, 5.74) is 0.566. The second kappa shape index (κ2) is 15.2. The van der Waals surface area contributed by atoms with E-state index < -0.39 is 43.7 Å². The molecule has 0 radical (unpaired) electrons. The summed E-state index contributed by atoms with van der Waals surface area (Å²) >= 11 is 0. The highest BCUT2D eigenvalue weighted by Gasteiger charge is 2.31. The number of alkyl halides is 3. The molecule has 0 spiro atoms. The molecule has 0 aliphatic carbocycles. The Labute approximate surface area is 203 Å². The van der Waals surface area contributed by atoms with Crippen molar-refractivity contribution < 1.29 is 32.8 Å². The largest absolute Gasteiger partial charge is 0.453 e. The SMILES string of the molecule is CC(C)C=C(C#N)C(=O)NCCCC[C@H](NCC(F)(F)F)C(=O)N[C@H](CB(O)O)c1ccccc1. The number of rotatable bonds is 14. The van der Waals surface area contributed by atoms with E-state index in [-0.39, 0.29) is 30.8 Å². The number of nitrogens with one attached hydrogen (secondary N) is 3. The molecular formula is C23H32BF3N4O4. The third kappa shape index (κ3) is 13.0. The van der Waals surface area contributed by atoms with Crippen LogP contribution in [0.1, 0.15) is 44.7 Å². The van der Waals surface area contributed by atoms with E-state index >= 15 is 0 Å². The smallest absolute Gasteiger partial charge is 0.427 e. The zero-order valence-electron chi connectivity index (χ0n) is 19.8. The molecule has 2 atom stereocenters. The second-order valence-corrected chi connectivity index (χ2v) is 8.42. The standard InChI is InChI=1S/C23H32BF3N4O4/c1-16(2)12-18(14-28)21(32)29-11-7-6-10-19(30-15-23(25,26)27)22(33)31-20(13-24(34)35)17-8-4-3-5-9-17/h3-5,8-9,12,16,19-20,30,34-35H,6-7,10-11,13,15H2,1-2H3,(H,29,32)(H,31,33)/t19-,20+/m0/s1. The van der Waals surface area contributed by atoms with Gasteiger partial charge in [0.05, 0.1) is 18.6 Å².